The van der Waals surface area contributed by atoms with E-state index in [-0.39, 0.29) is 18.2 Å². The summed E-state index contributed by atoms with van der Waals surface area (Å²) in [5.41, 5.74) is 0.849. The smallest absolute Gasteiger partial charge is 0.325 e. The molecule has 0 saturated heterocycles. The third-order valence-electron chi connectivity index (χ3n) is 3.20. The normalized spacial score (nSPS) is 13.3. The molecule has 0 aliphatic carbocycles. The Bertz CT molecular complexity index is 528. The average molecular weight is 306 g/mol. The van der Waals surface area contributed by atoms with Crippen LogP contribution in [0.4, 0.5) is 0 Å². The number of nitrogens with one attached hydrogen (secondary N) is 2. The van der Waals surface area contributed by atoms with E-state index in [1.54, 1.807) is 13.8 Å². The second-order valence-electron chi connectivity index (χ2n) is 5.52. The van der Waals surface area contributed by atoms with E-state index in [4.69, 9.17) is 5.11 Å². The fourth-order valence-electron chi connectivity index (χ4n) is 1.91. The molecule has 1 rings (SSSR count). The molecule has 3 N–H and O–H groups in total. The summed E-state index contributed by atoms with van der Waals surface area (Å²) in [6, 6.07) is 7.43. The highest BCUT2D eigenvalue weighted by molar-refractivity contribution is 5.90. The van der Waals surface area contributed by atoms with Crippen LogP contribution in [-0.4, -0.2) is 35.0 Å². The molecule has 22 heavy (non-hydrogen) atoms. The topological polar surface area (TPSA) is 95.5 Å². The highest BCUT2D eigenvalue weighted by Crippen LogP contribution is 2.05. The first-order valence-electron chi connectivity index (χ1n) is 7.17. The van der Waals surface area contributed by atoms with Crippen molar-refractivity contribution in [2.45, 2.75) is 39.3 Å². The SMILES string of the molecule is CC(C)[C@H](NC(=O)Cc1ccccc1)C(=O)N[C@@H](C)C(=O)O. The molecule has 0 bridgehead atoms. The van der Waals surface area contributed by atoms with Gasteiger partial charge in [0, 0.05) is 0 Å². The lowest BCUT2D eigenvalue weighted by Gasteiger charge is -2.23. The number of hydrogen-bond donors (Lipinski definition) is 3. The van der Waals surface area contributed by atoms with Crippen LogP contribution in [0.5, 0.6) is 0 Å². The first-order chi connectivity index (χ1) is 10.3. The first kappa shape index (κ1) is 17.7. The Morgan fingerprint density at radius 1 is 1.05 bits per heavy atom. The molecule has 2 atom stereocenters. The summed E-state index contributed by atoms with van der Waals surface area (Å²) in [5, 5.41) is 13.9. The Balaban J connectivity index is 2.65. The van der Waals surface area contributed by atoms with E-state index in [0.29, 0.717) is 0 Å². The van der Waals surface area contributed by atoms with Gasteiger partial charge >= 0.3 is 5.97 Å². The molecule has 1 aromatic carbocycles. The number of carbonyl (C=O) groups is 3. The van der Waals surface area contributed by atoms with Crippen LogP contribution in [0.3, 0.4) is 0 Å². The molecule has 120 valence electrons. The number of carboxylic acids is 1. The van der Waals surface area contributed by atoms with Crippen molar-refractivity contribution in [2.75, 3.05) is 0 Å². The molecule has 6 heteroatoms. The van der Waals surface area contributed by atoms with Crippen molar-refractivity contribution in [2.24, 2.45) is 5.92 Å². The summed E-state index contributed by atoms with van der Waals surface area (Å²) in [6.07, 6.45) is 0.172. The number of rotatable bonds is 7. The molecule has 0 saturated carbocycles. The predicted molar refractivity (Wildman–Crippen MR) is 82.2 cm³/mol. The largest absolute Gasteiger partial charge is 0.480 e. The Morgan fingerprint density at radius 2 is 1.64 bits per heavy atom. The van der Waals surface area contributed by atoms with Gasteiger partial charge in [-0.05, 0) is 18.4 Å². The Labute approximate surface area is 129 Å². The van der Waals surface area contributed by atoms with Gasteiger partial charge in [-0.3, -0.25) is 14.4 Å². The summed E-state index contributed by atoms with van der Waals surface area (Å²) in [4.78, 5) is 34.9. The average Bonchev–Trinajstić information content (AvgIpc) is 2.45. The van der Waals surface area contributed by atoms with Crippen molar-refractivity contribution in [1.82, 2.24) is 10.6 Å². The molecule has 0 aliphatic rings. The molecule has 0 aliphatic heterocycles. The molecule has 0 heterocycles. The van der Waals surface area contributed by atoms with Gasteiger partial charge in [0.05, 0.1) is 6.42 Å². The van der Waals surface area contributed by atoms with Gasteiger partial charge in [-0.2, -0.15) is 0 Å². The van der Waals surface area contributed by atoms with E-state index in [0.717, 1.165) is 5.56 Å². The fourth-order valence-corrected chi connectivity index (χ4v) is 1.91. The van der Waals surface area contributed by atoms with Gasteiger partial charge in [0.1, 0.15) is 12.1 Å². The minimum absolute atomic E-state index is 0.152. The third-order valence-corrected chi connectivity index (χ3v) is 3.20. The van der Waals surface area contributed by atoms with Crippen LogP contribution in [0.25, 0.3) is 0 Å². The predicted octanol–water partition coefficient (Wildman–Crippen LogP) is 0.959. The summed E-state index contributed by atoms with van der Waals surface area (Å²) in [5.74, 6) is -2.04. The zero-order valence-electron chi connectivity index (χ0n) is 13.0. The van der Waals surface area contributed by atoms with E-state index < -0.39 is 24.0 Å². The van der Waals surface area contributed by atoms with Gasteiger partial charge in [0.25, 0.3) is 0 Å². The number of aliphatic carboxylic acids is 1. The maximum atomic E-state index is 12.1. The van der Waals surface area contributed by atoms with Crippen molar-refractivity contribution in [1.29, 1.82) is 0 Å². The molecule has 0 unspecified atom stereocenters. The summed E-state index contributed by atoms with van der Waals surface area (Å²) < 4.78 is 0. The van der Waals surface area contributed by atoms with Gasteiger partial charge in [0.15, 0.2) is 0 Å². The van der Waals surface area contributed by atoms with Gasteiger partial charge in [-0.1, -0.05) is 44.2 Å². The van der Waals surface area contributed by atoms with Gasteiger partial charge in [0.2, 0.25) is 11.8 Å². The van der Waals surface area contributed by atoms with Crippen LogP contribution in [-0.2, 0) is 20.8 Å². The Hall–Kier alpha value is -2.37. The molecular formula is C16H22N2O4. The molecule has 1 aromatic rings. The van der Waals surface area contributed by atoms with Crippen molar-refractivity contribution in [3.63, 3.8) is 0 Å². The molecule has 0 aromatic heterocycles. The van der Waals surface area contributed by atoms with E-state index in [9.17, 15) is 14.4 Å². The second kappa shape index (κ2) is 8.17. The maximum absolute atomic E-state index is 12.1. The summed E-state index contributed by atoms with van der Waals surface area (Å²) in [6.45, 7) is 4.96. The number of carboxylic acid groups (broad SMARTS) is 1. The minimum atomic E-state index is -1.12. The lowest BCUT2D eigenvalue weighted by atomic mass is 10.0. The monoisotopic (exact) mass is 306 g/mol. The van der Waals surface area contributed by atoms with Crippen molar-refractivity contribution >= 4 is 17.8 Å². The fraction of sp³-hybridized carbons (Fsp3) is 0.438. The van der Waals surface area contributed by atoms with Crippen LogP contribution >= 0.6 is 0 Å². The van der Waals surface area contributed by atoms with Crippen LogP contribution in [0, 0.1) is 5.92 Å². The lowest BCUT2D eigenvalue weighted by molar-refractivity contribution is -0.141. The molecule has 6 nitrogen and oxygen atoms in total. The molecule has 0 fully saturated rings. The number of amides is 2. The molecule has 0 radical (unpaired) electrons. The van der Waals surface area contributed by atoms with E-state index in [1.807, 2.05) is 30.3 Å². The van der Waals surface area contributed by atoms with Gasteiger partial charge in [-0.25, -0.2) is 0 Å². The highest BCUT2D eigenvalue weighted by Gasteiger charge is 2.26. The van der Waals surface area contributed by atoms with Crippen molar-refractivity contribution < 1.29 is 19.5 Å². The van der Waals surface area contributed by atoms with Crippen LogP contribution in [0.1, 0.15) is 26.3 Å². The lowest BCUT2D eigenvalue weighted by Crippen LogP contribution is -2.53. The van der Waals surface area contributed by atoms with Gasteiger partial charge in [-0.15, -0.1) is 0 Å². The Morgan fingerprint density at radius 3 is 2.14 bits per heavy atom. The minimum Gasteiger partial charge on any atom is -0.480 e. The van der Waals surface area contributed by atoms with Crippen molar-refractivity contribution in [3.05, 3.63) is 35.9 Å². The maximum Gasteiger partial charge on any atom is 0.325 e. The van der Waals surface area contributed by atoms with E-state index in [1.165, 1.54) is 6.92 Å². The zero-order valence-corrected chi connectivity index (χ0v) is 13.0. The molecule has 0 spiro atoms. The quantitative estimate of drug-likeness (QED) is 0.699. The highest BCUT2D eigenvalue weighted by atomic mass is 16.4. The summed E-state index contributed by atoms with van der Waals surface area (Å²) >= 11 is 0. The zero-order chi connectivity index (χ0) is 16.7. The third kappa shape index (κ3) is 5.55. The molecular weight excluding hydrogens is 284 g/mol. The van der Waals surface area contributed by atoms with E-state index >= 15 is 0 Å². The summed E-state index contributed by atoms with van der Waals surface area (Å²) in [7, 11) is 0. The second-order valence-corrected chi connectivity index (χ2v) is 5.52. The number of hydrogen-bond acceptors (Lipinski definition) is 3. The van der Waals surface area contributed by atoms with Crippen LogP contribution in [0.2, 0.25) is 0 Å². The Kier molecular flexibility index (Phi) is 6.56. The van der Waals surface area contributed by atoms with Gasteiger partial charge < -0.3 is 15.7 Å². The number of benzene rings is 1. The van der Waals surface area contributed by atoms with Crippen molar-refractivity contribution in [3.8, 4) is 0 Å². The van der Waals surface area contributed by atoms with E-state index in [2.05, 4.69) is 10.6 Å². The number of carbonyl (C=O) groups excluding carboxylic acids is 2. The molecule has 2 amide bonds. The van der Waals surface area contributed by atoms with Crippen LogP contribution < -0.4 is 10.6 Å². The van der Waals surface area contributed by atoms with Crippen LogP contribution in [0.15, 0.2) is 30.3 Å². The first-order valence-corrected chi connectivity index (χ1v) is 7.17. The standard InChI is InChI=1S/C16H22N2O4/c1-10(2)14(15(20)17-11(3)16(21)22)18-13(19)9-12-7-5-4-6-8-12/h4-8,10-11,14H,9H2,1-3H3,(H,17,20)(H,18,19)(H,21,22)/t11-,14-/m0/s1.